The van der Waals surface area contributed by atoms with E-state index in [4.69, 9.17) is 24.5 Å². The maximum atomic E-state index is 14.6. The van der Waals surface area contributed by atoms with Gasteiger partial charge in [-0.15, -0.1) is 0 Å². The van der Waals surface area contributed by atoms with Gasteiger partial charge in [0.05, 0.1) is 45.7 Å². The third kappa shape index (κ3) is 12.1. The largest absolute Gasteiger partial charge is 0.374 e. The molecule has 4 atom stereocenters. The average Bonchev–Trinajstić information content (AvgIpc) is 3.11. The number of azide groups is 1. The number of carbonyl (C=O) groups is 2. The minimum atomic E-state index is -1.22. The summed E-state index contributed by atoms with van der Waals surface area (Å²) in [6.07, 6.45) is -3.06. The highest BCUT2D eigenvalue weighted by Crippen LogP contribution is 2.19. The second-order valence-corrected chi connectivity index (χ2v) is 10.9. The van der Waals surface area contributed by atoms with E-state index in [1.54, 1.807) is 0 Å². The lowest BCUT2D eigenvalue weighted by Crippen LogP contribution is -2.57. The Bertz CT molecular complexity index is 1540. The summed E-state index contributed by atoms with van der Waals surface area (Å²) in [5, 5.41) is 6.45. The molecule has 0 radical (unpaired) electrons. The van der Waals surface area contributed by atoms with E-state index in [1.807, 2.05) is 121 Å². The lowest BCUT2D eigenvalue weighted by molar-refractivity contribution is -0.159. The van der Waals surface area contributed by atoms with Crippen LogP contribution < -0.4 is 5.32 Å². The second-order valence-electron chi connectivity index (χ2n) is 10.9. The molecule has 1 unspecified atom stereocenters. The van der Waals surface area contributed by atoms with Crippen molar-refractivity contribution in [3.63, 3.8) is 0 Å². The number of nitrogens with one attached hydrogen (secondary N) is 1. The first-order valence-electron chi connectivity index (χ1n) is 15.4. The first-order valence-corrected chi connectivity index (χ1v) is 15.4. The molecule has 0 aliphatic heterocycles. The smallest absolute Gasteiger partial charge is 0.217 e. The predicted octanol–water partition coefficient (Wildman–Crippen LogP) is 6.34. The van der Waals surface area contributed by atoms with E-state index in [9.17, 15) is 9.59 Å². The summed E-state index contributed by atoms with van der Waals surface area (Å²) < 4.78 is 25.0. The molecule has 0 aliphatic carbocycles. The van der Waals surface area contributed by atoms with Gasteiger partial charge in [0.15, 0.2) is 5.78 Å². The monoisotopic (exact) mass is 636 g/mol. The van der Waals surface area contributed by atoms with Gasteiger partial charge in [0, 0.05) is 11.8 Å². The third-order valence-corrected chi connectivity index (χ3v) is 7.26. The molecule has 4 rings (SSSR count). The summed E-state index contributed by atoms with van der Waals surface area (Å²) >= 11 is 0. The fourth-order valence-corrected chi connectivity index (χ4v) is 4.89. The van der Waals surface area contributed by atoms with Gasteiger partial charge < -0.3 is 24.3 Å². The molecule has 0 saturated carbocycles. The van der Waals surface area contributed by atoms with Gasteiger partial charge >= 0.3 is 0 Å². The fourth-order valence-electron chi connectivity index (χ4n) is 4.89. The normalized spacial score (nSPS) is 13.5. The van der Waals surface area contributed by atoms with Gasteiger partial charge in [-0.05, 0) is 27.8 Å². The first-order chi connectivity index (χ1) is 23.0. The van der Waals surface area contributed by atoms with Crippen molar-refractivity contribution in [2.45, 2.75) is 57.7 Å². The number of hydrogen-bond acceptors (Lipinski definition) is 7. The molecule has 0 heterocycles. The van der Waals surface area contributed by atoms with Crippen LogP contribution in [-0.2, 0) is 55.0 Å². The Hall–Kier alpha value is -4.83. The van der Waals surface area contributed by atoms with Gasteiger partial charge in [0.1, 0.15) is 18.2 Å². The highest BCUT2D eigenvalue weighted by molar-refractivity contribution is 5.92. The van der Waals surface area contributed by atoms with Gasteiger partial charge in [-0.1, -0.05) is 126 Å². The summed E-state index contributed by atoms with van der Waals surface area (Å²) in [5.41, 5.74) is 12.7. The van der Waals surface area contributed by atoms with Gasteiger partial charge in [-0.2, -0.15) is 0 Å². The van der Waals surface area contributed by atoms with E-state index in [2.05, 4.69) is 15.3 Å². The summed E-state index contributed by atoms with van der Waals surface area (Å²) in [6, 6.07) is 36.9. The minimum Gasteiger partial charge on any atom is -0.374 e. The van der Waals surface area contributed by atoms with Crippen LogP contribution in [0.4, 0.5) is 0 Å². The van der Waals surface area contributed by atoms with Crippen LogP contribution in [0.1, 0.15) is 29.2 Å². The number of rotatable bonds is 20. The van der Waals surface area contributed by atoms with Gasteiger partial charge in [-0.3, -0.25) is 9.59 Å². The molecule has 4 aromatic carbocycles. The van der Waals surface area contributed by atoms with Crippen LogP contribution in [0.15, 0.2) is 126 Å². The molecule has 47 heavy (non-hydrogen) atoms. The van der Waals surface area contributed by atoms with Crippen molar-refractivity contribution in [2.75, 3.05) is 13.2 Å². The van der Waals surface area contributed by atoms with E-state index in [-0.39, 0.29) is 33.0 Å². The molecule has 10 heteroatoms. The number of ketones is 1. The minimum absolute atomic E-state index is 0.0194. The van der Waals surface area contributed by atoms with Gasteiger partial charge in [0.25, 0.3) is 0 Å². The SMILES string of the molecule is CC(=O)N[C@@H](C(=O)C(OCc1ccccc1)[C@@H](COCc1ccccc1)OCc1ccccc1)[C@H](CN=[N+]=[N-])OCc1ccccc1. The number of benzene rings is 4. The number of nitrogens with zero attached hydrogens (tertiary/aromatic N) is 3. The fraction of sp³-hybridized carbons (Fsp3) is 0.297. The maximum absolute atomic E-state index is 14.6. The maximum Gasteiger partial charge on any atom is 0.217 e. The van der Waals surface area contributed by atoms with Crippen molar-refractivity contribution < 1.29 is 28.5 Å². The van der Waals surface area contributed by atoms with E-state index < -0.39 is 36.0 Å². The molecular formula is C37H40N4O6. The lowest BCUT2D eigenvalue weighted by atomic mass is 9.97. The van der Waals surface area contributed by atoms with E-state index in [1.165, 1.54) is 6.92 Å². The number of amides is 1. The zero-order valence-electron chi connectivity index (χ0n) is 26.4. The lowest BCUT2D eigenvalue weighted by Gasteiger charge is -2.32. The zero-order chi connectivity index (χ0) is 33.1. The Labute approximate surface area is 275 Å². The van der Waals surface area contributed by atoms with E-state index >= 15 is 0 Å². The third-order valence-electron chi connectivity index (χ3n) is 7.26. The molecular weight excluding hydrogens is 596 g/mol. The second kappa shape index (κ2) is 19.6. The van der Waals surface area contributed by atoms with Crippen molar-refractivity contribution in [2.24, 2.45) is 5.11 Å². The first kappa shape index (κ1) is 35.0. The summed E-state index contributed by atoms with van der Waals surface area (Å²) in [4.78, 5) is 30.0. The van der Waals surface area contributed by atoms with Crippen LogP contribution in [0.2, 0.25) is 0 Å². The van der Waals surface area contributed by atoms with E-state index in [0.29, 0.717) is 6.61 Å². The summed E-state index contributed by atoms with van der Waals surface area (Å²) in [7, 11) is 0. The quantitative estimate of drug-likeness (QED) is 0.0684. The van der Waals surface area contributed by atoms with Gasteiger partial charge in [-0.25, -0.2) is 0 Å². The van der Waals surface area contributed by atoms with Crippen molar-refractivity contribution in [1.82, 2.24) is 5.32 Å². The molecule has 0 saturated heterocycles. The van der Waals surface area contributed by atoms with E-state index in [0.717, 1.165) is 22.3 Å². The Morgan fingerprint density at radius 3 is 1.53 bits per heavy atom. The molecule has 10 nitrogen and oxygen atoms in total. The van der Waals surface area contributed by atoms with Crippen LogP contribution in [0.5, 0.6) is 0 Å². The molecule has 0 fully saturated rings. The highest BCUT2D eigenvalue weighted by atomic mass is 16.6. The number of Topliss-reactive ketones (excluding diaryl/α,β-unsaturated/α-hetero) is 1. The topological polar surface area (TPSA) is 132 Å². The molecule has 0 spiro atoms. The Kier molecular flexibility index (Phi) is 14.6. The van der Waals surface area contributed by atoms with Crippen LogP contribution in [0.25, 0.3) is 10.4 Å². The number of carbonyl (C=O) groups excluding carboxylic acids is 2. The van der Waals surface area contributed by atoms with Gasteiger partial charge in [0.2, 0.25) is 5.91 Å². The molecule has 4 aromatic rings. The number of hydrogen-bond donors (Lipinski definition) is 1. The van der Waals surface area contributed by atoms with Crippen LogP contribution >= 0.6 is 0 Å². The highest BCUT2D eigenvalue weighted by Gasteiger charge is 2.40. The van der Waals surface area contributed by atoms with Crippen molar-refractivity contribution in [3.05, 3.63) is 154 Å². The summed E-state index contributed by atoms with van der Waals surface area (Å²) in [6.45, 7) is 1.83. The van der Waals surface area contributed by atoms with Crippen LogP contribution in [0.3, 0.4) is 0 Å². The Balaban J connectivity index is 1.65. The standard InChI is InChI=1S/C37H40N4O6/c1-28(42)40-35(33(22-39-41-38)45-24-30-16-8-3-9-17-30)36(43)37(47-26-32-20-12-5-13-21-32)34(46-25-31-18-10-4-11-19-31)27-44-23-29-14-6-2-7-15-29/h2-21,33-35,37H,22-27H2,1H3,(H,40,42)/t33-,34+,35+,37?/m0/s1. The molecule has 244 valence electrons. The Morgan fingerprint density at radius 2 is 1.09 bits per heavy atom. The zero-order valence-corrected chi connectivity index (χ0v) is 26.4. The van der Waals surface area contributed by atoms with Crippen LogP contribution in [0, 0.1) is 0 Å². The predicted molar refractivity (Wildman–Crippen MR) is 178 cm³/mol. The average molecular weight is 637 g/mol. The molecule has 0 aromatic heterocycles. The molecule has 0 aliphatic rings. The molecule has 1 N–H and O–H groups in total. The van der Waals surface area contributed by atoms with Crippen molar-refractivity contribution in [3.8, 4) is 0 Å². The van der Waals surface area contributed by atoms with Crippen molar-refractivity contribution in [1.29, 1.82) is 0 Å². The number of ether oxygens (including phenoxy) is 4. The summed E-state index contributed by atoms with van der Waals surface area (Å²) in [5.74, 6) is -0.954. The molecule has 0 bridgehead atoms. The molecule has 1 amide bonds. The van der Waals surface area contributed by atoms with Crippen molar-refractivity contribution >= 4 is 11.7 Å². The van der Waals surface area contributed by atoms with Crippen LogP contribution in [-0.4, -0.2) is 49.2 Å². The Morgan fingerprint density at radius 1 is 0.660 bits per heavy atom.